The van der Waals surface area contributed by atoms with Gasteiger partial charge in [-0.25, -0.2) is 14.6 Å². The summed E-state index contributed by atoms with van der Waals surface area (Å²) in [5.74, 6) is -1.81. The molecule has 0 aliphatic rings. The highest BCUT2D eigenvalue weighted by atomic mass is 32.2. The number of hydrogen-bond acceptors (Lipinski definition) is 6. The molecule has 7 nitrogen and oxygen atoms in total. The molecule has 1 aromatic heterocycles. The average molecular weight is 360 g/mol. The number of benzene rings is 1. The third-order valence-corrected chi connectivity index (χ3v) is 4.03. The van der Waals surface area contributed by atoms with Crippen LogP contribution >= 0.6 is 11.8 Å². The normalized spacial score (nSPS) is 10.1. The predicted molar refractivity (Wildman–Crippen MR) is 92.9 cm³/mol. The molecule has 0 bridgehead atoms. The molecule has 0 saturated heterocycles. The number of carbonyl (C=O) groups excluding carboxylic acids is 2. The maximum absolute atomic E-state index is 12.0. The van der Waals surface area contributed by atoms with Gasteiger partial charge in [-0.3, -0.25) is 4.79 Å². The molecule has 2 N–H and O–H groups in total. The van der Waals surface area contributed by atoms with Crippen molar-refractivity contribution in [2.75, 3.05) is 17.7 Å². The van der Waals surface area contributed by atoms with Crippen LogP contribution in [0, 0.1) is 0 Å². The molecule has 1 aromatic carbocycles. The number of amides is 1. The molecular formula is C17H16N2O5S. The van der Waals surface area contributed by atoms with Crippen molar-refractivity contribution in [2.45, 2.75) is 11.9 Å². The number of nitrogens with one attached hydrogen (secondary N) is 1. The molecule has 0 saturated carbocycles. The van der Waals surface area contributed by atoms with Crippen LogP contribution in [0.3, 0.4) is 0 Å². The summed E-state index contributed by atoms with van der Waals surface area (Å²) in [6.07, 6.45) is 1.47. The van der Waals surface area contributed by atoms with E-state index in [2.05, 4.69) is 10.3 Å². The molecule has 130 valence electrons. The first kappa shape index (κ1) is 18.5. The van der Waals surface area contributed by atoms with Gasteiger partial charge in [0.2, 0.25) is 5.91 Å². The predicted octanol–water partition coefficient (Wildman–Crippen LogP) is 2.69. The zero-order valence-corrected chi connectivity index (χ0v) is 14.2. The van der Waals surface area contributed by atoms with Crippen LogP contribution in [0.5, 0.6) is 0 Å². The van der Waals surface area contributed by atoms with Gasteiger partial charge in [-0.15, -0.1) is 0 Å². The van der Waals surface area contributed by atoms with Crippen molar-refractivity contribution in [3.63, 3.8) is 0 Å². The number of carboxylic acids is 1. The van der Waals surface area contributed by atoms with Gasteiger partial charge >= 0.3 is 11.9 Å². The molecule has 0 atom stereocenters. The van der Waals surface area contributed by atoms with Gasteiger partial charge in [0.15, 0.2) is 0 Å². The van der Waals surface area contributed by atoms with E-state index in [0.29, 0.717) is 17.9 Å². The van der Waals surface area contributed by atoms with Gasteiger partial charge in [-0.1, -0.05) is 11.8 Å². The van der Waals surface area contributed by atoms with Crippen LogP contribution in [0.4, 0.5) is 5.69 Å². The van der Waals surface area contributed by atoms with E-state index in [1.54, 1.807) is 31.2 Å². The second kappa shape index (κ2) is 8.84. The topological polar surface area (TPSA) is 106 Å². The minimum atomic E-state index is -1.09. The van der Waals surface area contributed by atoms with Gasteiger partial charge in [-0.2, -0.15) is 0 Å². The molecule has 0 spiro atoms. The number of carboxylic acid groups (broad SMARTS) is 1. The molecule has 25 heavy (non-hydrogen) atoms. The van der Waals surface area contributed by atoms with Gasteiger partial charge in [0.1, 0.15) is 5.03 Å². The number of carbonyl (C=O) groups is 3. The molecule has 2 aromatic rings. The van der Waals surface area contributed by atoms with Crippen molar-refractivity contribution in [3.8, 4) is 0 Å². The Hall–Kier alpha value is -2.87. The van der Waals surface area contributed by atoms with Crippen LogP contribution in [0.2, 0.25) is 0 Å². The number of anilines is 1. The van der Waals surface area contributed by atoms with Crippen LogP contribution in [-0.2, 0) is 9.53 Å². The molecule has 0 fully saturated rings. The zero-order valence-electron chi connectivity index (χ0n) is 13.4. The Morgan fingerprint density at radius 3 is 2.56 bits per heavy atom. The number of nitrogens with zero attached hydrogens (tertiary/aromatic N) is 1. The van der Waals surface area contributed by atoms with Gasteiger partial charge < -0.3 is 15.2 Å². The van der Waals surface area contributed by atoms with E-state index in [1.807, 2.05) is 0 Å². The Bertz CT molecular complexity index is 777. The number of rotatable bonds is 7. The van der Waals surface area contributed by atoms with E-state index in [0.717, 1.165) is 11.8 Å². The van der Waals surface area contributed by atoms with Crippen molar-refractivity contribution in [3.05, 3.63) is 53.7 Å². The highest BCUT2D eigenvalue weighted by Crippen LogP contribution is 2.20. The Balaban J connectivity index is 1.93. The molecule has 2 rings (SSSR count). The van der Waals surface area contributed by atoms with Crippen molar-refractivity contribution >= 4 is 35.3 Å². The van der Waals surface area contributed by atoms with Crippen LogP contribution in [-0.4, -0.2) is 40.3 Å². The Labute approximate surface area is 148 Å². The first-order valence-electron chi connectivity index (χ1n) is 7.39. The molecule has 0 aliphatic heterocycles. The van der Waals surface area contributed by atoms with Crippen LogP contribution in [0.15, 0.2) is 47.6 Å². The zero-order chi connectivity index (χ0) is 18.2. The number of thioether (sulfide) groups is 1. The molecule has 1 amide bonds. The first-order valence-corrected chi connectivity index (χ1v) is 8.38. The molecule has 8 heteroatoms. The lowest BCUT2D eigenvalue weighted by atomic mass is 10.2. The SMILES string of the molecule is CCOC(=O)c1ccc(NC(=O)CSc2ncccc2C(=O)O)cc1. The van der Waals surface area contributed by atoms with Crippen molar-refractivity contribution in [2.24, 2.45) is 0 Å². The third-order valence-electron chi connectivity index (χ3n) is 3.02. The summed E-state index contributed by atoms with van der Waals surface area (Å²) in [7, 11) is 0. The Morgan fingerprint density at radius 2 is 1.92 bits per heavy atom. The maximum atomic E-state index is 12.0. The van der Waals surface area contributed by atoms with Crippen molar-refractivity contribution in [1.29, 1.82) is 0 Å². The van der Waals surface area contributed by atoms with Gasteiger partial charge in [-0.05, 0) is 43.3 Å². The lowest BCUT2D eigenvalue weighted by Crippen LogP contribution is -2.15. The lowest BCUT2D eigenvalue weighted by Gasteiger charge is -2.07. The number of esters is 1. The number of aromatic carboxylic acids is 1. The molecule has 0 aliphatic carbocycles. The quantitative estimate of drug-likeness (QED) is 0.577. The number of hydrogen-bond donors (Lipinski definition) is 2. The standard InChI is InChI=1S/C17H16N2O5S/c1-2-24-17(23)11-5-7-12(8-6-11)19-14(20)10-25-15-13(16(21)22)4-3-9-18-15/h3-9H,2,10H2,1H3,(H,19,20)(H,21,22). The molecule has 0 radical (unpaired) electrons. The largest absolute Gasteiger partial charge is 0.478 e. The minimum Gasteiger partial charge on any atom is -0.478 e. The fourth-order valence-electron chi connectivity index (χ4n) is 1.90. The summed E-state index contributed by atoms with van der Waals surface area (Å²) in [6.45, 7) is 2.02. The first-order chi connectivity index (χ1) is 12.0. The molecule has 0 unspecified atom stereocenters. The van der Waals surface area contributed by atoms with E-state index in [4.69, 9.17) is 9.84 Å². The van der Waals surface area contributed by atoms with E-state index in [-0.39, 0.29) is 22.2 Å². The molecular weight excluding hydrogens is 344 g/mol. The fraction of sp³-hybridized carbons (Fsp3) is 0.176. The second-order valence-electron chi connectivity index (χ2n) is 4.80. The summed E-state index contributed by atoms with van der Waals surface area (Å²) in [6, 6.07) is 9.27. The fourth-order valence-corrected chi connectivity index (χ4v) is 2.69. The van der Waals surface area contributed by atoms with Crippen molar-refractivity contribution in [1.82, 2.24) is 4.98 Å². The summed E-state index contributed by atoms with van der Waals surface area (Å²) >= 11 is 1.04. The second-order valence-corrected chi connectivity index (χ2v) is 5.76. The summed E-state index contributed by atoms with van der Waals surface area (Å²) in [5.41, 5.74) is 0.978. The van der Waals surface area contributed by atoms with Crippen LogP contribution < -0.4 is 5.32 Å². The van der Waals surface area contributed by atoms with E-state index in [1.165, 1.54) is 18.3 Å². The van der Waals surface area contributed by atoms with Gasteiger partial charge in [0, 0.05) is 11.9 Å². The van der Waals surface area contributed by atoms with Crippen LogP contribution in [0.1, 0.15) is 27.6 Å². The smallest absolute Gasteiger partial charge is 0.338 e. The summed E-state index contributed by atoms with van der Waals surface area (Å²) < 4.78 is 4.88. The number of aromatic nitrogens is 1. The monoisotopic (exact) mass is 360 g/mol. The molecule has 1 heterocycles. The van der Waals surface area contributed by atoms with Gasteiger partial charge in [0.05, 0.1) is 23.5 Å². The van der Waals surface area contributed by atoms with E-state index in [9.17, 15) is 14.4 Å². The van der Waals surface area contributed by atoms with Crippen LogP contribution in [0.25, 0.3) is 0 Å². The number of ether oxygens (including phenoxy) is 1. The maximum Gasteiger partial charge on any atom is 0.338 e. The highest BCUT2D eigenvalue weighted by Gasteiger charge is 2.13. The summed E-state index contributed by atoms with van der Waals surface area (Å²) in [5, 5.41) is 12.0. The minimum absolute atomic E-state index is 0.0108. The van der Waals surface area contributed by atoms with E-state index >= 15 is 0 Å². The Kier molecular flexibility index (Phi) is 6.53. The lowest BCUT2D eigenvalue weighted by molar-refractivity contribution is -0.113. The highest BCUT2D eigenvalue weighted by molar-refractivity contribution is 8.00. The Morgan fingerprint density at radius 1 is 1.20 bits per heavy atom. The number of pyridine rings is 1. The van der Waals surface area contributed by atoms with Crippen molar-refractivity contribution < 1.29 is 24.2 Å². The summed E-state index contributed by atoms with van der Waals surface area (Å²) in [4.78, 5) is 38.6. The van der Waals surface area contributed by atoms with Gasteiger partial charge in [0.25, 0.3) is 0 Å². The third kappa shape index (κ3) is 5.32. The average Bonchev–Trinajstić information content (AvgIpc) is 2.61. The van der Waals surface area contributed by atoms with E-state index < -0.39 is 11.9 Å².